The minimum absolute atomic E-state index is 0.128. The lowest BCUT2D eigenvalue weighted by molar-refractivity contribution is -0.132. The number of likely N-dealkylation sites (tertiary alicyclic amines) is 1. The zero-order valence-corrected chi connectivity index (χ0v) is 9.26. The highest BCUT2D eigenvalue weighted by molar-refractivity contribution is 5.77. The Morgan fingerprint density at radius 2 is 2.08 bits per heavy atom. The van der Waals surface area contributed by atoms with Gasteiger partial charge in [0, 0.05) is 19.5 Å². The Bertz CT molecular complexity index is 193. The molecular formula is C11H21NO. The summed E-state index contributed by atoms with van der Waals surface area (Å²) in [6.07, 6.45) is 1.86. The van der Waals surface area contributed by atoms with E-state index in [1.807, 2.05) is 4.90 Å². The molecule has 1 heterocycles. The Kier molecular flexibility index (Phi) is 2.99. The minimum Gasteiger partial charge on any atom is -0.342 e. The molecule has 1 saturated heterocycles. The van der Waals surface area contributed by atoms with Crippen LogP contribution in [0.3, 0.4) is 0 Å². The monoisotopic (exact) mass is 183 g/mol. The van der Waals surface area contributed by atoms with Gasteiger partial charge in [0.25, 0.3) is 0 Å². The van der Waals surface area contributed by atoms with E-state index in [4.69, 9.17) is 0 Å². The molecule has 2 nitrogen and oxygen atoms in total. The first kappa shape index (κ1) is 10.6. The van der Waals surface area contributed by atoms with Gasteiger partial charge in [0.2, 0.25) is 5.91 Å². The second-order valence-electron chi connectivity index (χ2n) is 5.47. The molecule has 0 bridgehead atoms. The number of carbonyl (C=O) groups excluding carboxylic acids is 1. The third kappa shape index (κ3) is 3.37. The zero-order valence-electron chi connectivity index (χ0n) is 9.26. The Balaban J connectivity index is 2.41. The molecular weight excluding hydrogens is 162 g/mol. The average molecular weight is 183 g/mol. The fourth-order valence-electron chi connectivity index (χ4n) is 1.73. The van der Waals surface area contributed by atoms with Crippen molar-refractivity contribution in [2.45, 2.75) is 40.5 Å². The van der Waals surface area contributed by atoms with Gasteiger partial charge in [-0.1, -0.05) is 27.7 Å². The first-order chi connectivity index (χ1) is 5.88. The van der Waals surface area contributed by atoms with Gasteiger partial charge in [0.15, 0.2) is 0 Å². The normalized spacial score (nSPS) is 23.7. The molecule has 1 unspecified atom stereocenters. The Morgan fingerprint density at radius 1 is 1.46 bits per heavy atom. The predicted molar refractivity (Wildman–Crippen MR) is 54.4 cm³/mol. The molecule has 1 rings (SSSR count). The largest absolute Gasteiger partial charge is 0.342 e. The van der Waals surface area contributed by atoms with Gasteiger partial charge in [-0.25, -0.2) is 0 Å². The molecule has 0 radical (unpaired) electrons. The third-order valence-corrected chi connectivity index (χ3v) is 2.46. The maximum absolute atomic E-state index is 11.7. The van der Waals surface area contributed by atoms with Crippen LogP contribution in [0.4, 0.5) is 0 Å². The van der Waals surface area contributed by atoms with E-state index in [-0.39, 0.29) is 5.41 Å². The Hall–Kier alpha value is -0.530. The Morgan fingerprint density at radius 3 is 2.46 bits per heavy atom. The lowest BCUT2D eigenvalue weighted by Gasteiger charge is -2.22. The van der Waals surface area contributed by atoms with Crippen molar-refractivity contribution in [2.75, 3.05) is 13.1 Å². The van der Waals surface area contributed by atoms with E-state index in [1.165, 1.54) is 6.42 Å². The molecule has 0 aromatic rings. The van der Waals surface area contributed by atoms with E-state index in [9.17, 15) is 4.79 Å². The first-order valence-electron chi connectivity index (χ1n) is 5.16. The van der Waals surface area contributed by atoms with Crippen LogP contribution >= 0.6 is 0 Å². The van der Waals surface area contributed by atoms with Crippen LogP contribution < -0.4 is 0 Å². The van der Waals surface area contributed by atoms with Crippen molar-refractivity contribution in [1.82, 2.24) is 4.90 Å². The summed E-state index contributed by atoms with van der Waals surface area (Å²) in [6, 6.07) is 0. The van der Waals surface area contributed by atoms with Crippen molar-refractivity contribution < 1.29 is 4.79 Å². The van der Waals surface area contributed by atoms with E-state index in [0.29, 0.717) is 18.2 Å². The summed E-state index contributed by atoms with van der Waals surface area (Å²) in [4.78, 5) is 13.7. The molecule has 0 aliphatic carbocycles. The summed E-state index contributed by atoms with van der Waals surface area (Å²) in [7, 11) is 0. The van der Waals surface area contributed by atoms with Crippen LogP contribution in [0.25, 0.3) is 0 Å². The smallest absolute Gasteiger partial charge is 0.223 e. The molecule has 1 aliphatic heterocycles. The topological polar surface area (TPSA) is 20.3 Å². The van der Waals surface area contributed by atoms with Gasteiger partial charge in [-0.2, -0.15) is 0 Å². The maximum atomic E-state index is 11.7. The van der Waals surface area contributed by atoms with Crippen molar-refractivity contribution in [3.63, 3.8) is 0 Å². The van der Waals surface area contributed by atoms with Gasteiger partial charge in [-0.05, 0) is 17.8 Å². The highest BCUT2D eigenvalue weighted by Gasteiger charge is 2.26. The molecule has 1 aliphatic rings. The molecule has 0 N–H and O–H groups in total. The molecule has 76 valence electrons. The molecule has 1 amide bonds. The van der Waals surface area contributed by atoms with Crippen molar-refractivity contribution >= 4 is 5.91 Å². The van der Waals surface area contributed by atoms with Crippen LogP contribution in [0.5, 0.6) is 0 Å². The summed E-state index contributed by atoms with van der Waals surface area (Å²) in [6.45, 7) is 10.5. The number of amides is 1. The SMILES string of the molecule is CC1CCN(C(=O)CC(C)(C)C)C1. The number of hydrogen-bond donors (Lipinski definition) is 0. The molecule has 0 spiro atoms. The quantitative estimate of drug-likeness (QED) is 0.611. The second kappa shape index (κ2) is 3.69. The Labute approximate surface area is 81.3 Å². The van der Waals surface area contributed by atoms with Crippen molar-refractivity contribution in [1.29, 1.82) is 0 Å². The zero-order chi connectivity index (χ0) is 10.1. The van der Waals surface area contributed by atoms with Crippen LogP contribution in [0.15, 0.2) is 0 Å². The van der Waals surface area contributed by atoms with E-state index in [0.717, 1.165) is 13.1 Å². The molecule has 0 aromatic heterocycles. The molecule has 1 atom stereocenters. The van der Waals surface area contributed by atoms with Crippen molar-refractivity contribution in [3.8, 4) is 0 Å². The number of rotatable bonds is 1. The van der Waals surface area contributed by atoms with E-state index in [1.54, 1.807) is 0 Å². The highest BCUT2D eigenvalue weighted by Crippen LogP contribution is 2.23. The molecule has 13 heavy (non-hydrogen) atoms. The standard InChI is InChI=1S/C11H21NO/c1-9-5-6-12(8-9)10(13)7-11(2,3)4/h9H,5-8H2,1-4H3. The molecule has 1 fully saturated rings. The molecule has 0 aromatic carbocycles. The fraction of sp³-hybridized carbons (Fsp3) is 0.909. The van der Waals surface area contributed by atoms with Crippen molar-refractivity contribution in [3.05, 3.63) is 0 Å². The van der Waals surface area contributed by atoms with Gasteiger partial charge < -0.3 is 4.90 Å². The summed E-state index contributed by atoms with van der Waals surface area (Å²) in [5, 5.41) is 0. The molecule has 0 saturated carbocycles. The third-order valence-electron chi connectivity index (χ3n) is 2.46. The minimum atomic E-state index is 0.128. The molecule has 2 heteroatoms. The van der Waals surface area contributed by atoms with Crippen LogP contribution in [0, 0.1) is 11.3 Å². The van der Waals surface area contributed by atoms with Crippen LogP contribution in [0.1, 0.15) is 40.5 Å². The number of carbonyl (C=O) groups is 1. The van der Waals surface area contributed by atoms with Crippen molar-refractivity contribution in [2.24, 2.45) is 11.3 Å². The number of nitrogens with zero attached hydrogens (tertiary/aromatic N) is 1. The average Bonchev–Trinajstić information content (AvgIpc) is 2.31. The summed E-state index contributed by atoms with van der Waals surface area (Å²) < 4.78 is 0. The second-order valence-corrected chi connectivity index (χ2v) is 5.47. The van der Waals surface area contributed by atoms with Gasteiger partial charge in [-0.15, -0.1) is 0 Å². The fourth-order valence-corrected chi connectivity index (χ4v) is 1.73. The van der Waals surface area contributed by atoms with Crippen LogP contribution in [-0.4, -0.2) is 23.9 Å². The van der Waals surface area contributed by atoms with Crippen LogP contribution in [-0.2, 0) is 4.79 Å². The maximum Gasteiger partial charge on any atom is 0.223 e. The summed E-state index contributed by atoms with van der Waals surface area (Å²) in [5.74, 6) is 1.03. The lowest BCUT2D eigenvalue weighted by Crippen LogP contribution is -2.31. The van der Waals surface area contributed by atoms with Gasteiger partial charge in [-0.3, -0.25) is 4.79 Å². The van der Waals surface area contributed by atoms with E-state index < -0.39 is 0 Å². The van der Waals surface area contributed by atoms with E-state index in [2.05, 4.69) is 27.7 Å². The highest BCUT2D eigenvalue weighted by atomic mass is 16.2. The number of hydrogen-bond acceptors (Lipinski definition) is 1. The predicted octanol–water partition coefficient (Wildman–Crippen LogP) is 2.29. The lowest BCUT2D eigenvalue weighted by atomic mass is 9.92. The summed E-state index contributed by atoms with van der Waals surface area (Å²) >= 11 is 0. The van der Waals surface area contributed by atoms with Gasteiger partial charge in [0.05, 0.1) is 0 Å². The van der Waals surface area contributed by atoms with Gasteiger partial charge >= 0.3 is 0 Å². The summed E-state index contributed by atoms with van der Waals surface area (Å²) in [5.41, 5.74) is 0.128. The van der Waals surface area contributed by atoms with Gasteiger partial charge in [0.1, 0.15) is 0 Å². The first-order valence-corrected chi connectivity index (χ1v) is 5.16. The van der Waals surface area contributed by atoms with E-state index >= 15 is 0 Å². The van der Waals surface area contributed by atoms with Crippen LogP contribution in [0.2, 0.25) is 0 Å².